The third-order valence-electron chi connectivity index (χ3n) is 6.32. The number of para-hydroxylation sites is 1. The zero-order valence-corrected chi connectivity index (χ0v) is 21.7. The molecule has 2 amide bonds. The van der Waals surface area contributed by atoms with Crippen molar-refractivity contribution in [2.45, 2.75) is 19.4 Å². The van der Waals surface area contributed by atoms with E-state index in [-0.39, 0.29) is 17.6 Å². The van der Waals surface area contributed by atoms with Gasteiger partial charge in [0.05, 0.1) is 11.3 Å². The first-order chi connectivity index (χ1) is 17.9. The topological polar surface area (TPSA) is 102 Å². The van der Waals surface area contributed by atoms with E-state index in [0.29, 0.717) is 22.9 Å². The highest BCUT2D eigenvalue weighted by atomic mass is 16.2. The maximum absolute atomic E-state index is 13.5. The van der Waals surface area contributed by atoms with E-state index in [1.807, 2.05) is 44.4 Å². The minimum absolute atomic E-state index is 0.0799. The number of aromatic nitrogens is 2. The fraction of sp³-hybridized carbons (Fsp3) is 0.357. The Morgan fingerprint density at radius 1 is 1.00 bits per heavy atom. The molecule has 1 saturated heterocycles. The lowest BCUT2D eigenvalue weighted by molar-refractivity contribution is 0.0941. The van der Waals surface area contributed by atoms with Crippen molar-refractivity contribution in [2.24, 2.45) is 0 Å². The van der Waals surface area contributed by atoms with Gasteiger partial charge in [0, 0.05) is 43.9 Å². The van der Waals surface area contributed by atoms with Gasteiger partial charge in [-0.15, -0.1) is 0 Å². The highest BCUT2D eigenvalue weighted by molar-refractivity contribution is 6.08. The molecule has 1 aliphatic heterocycles. The quantitative estimate of drug-likeness (QED) is 0.393. The number of rotatable bonds is 10. The molecule has 1 aliphatic rings. The zero-order valence-electron chi connectivity index (χ0n) is 21.7. The van der Waals surface area contributed by atoms with E-state index in [9.17, 15) is 9.59 Å². The van der Waals surface area contributed by atoms with Crippen LogP contribution in [0.1, 0.15) is 34.2 Å². The van der Waals surface area contributed by atoms with Crippen LogP contribution in [0.3, 0.4) is 0 Å². The SMILES string of the molecule is CCN(CCN(C)C)c1cc(C(=O)Nc2ccccc2C(=O)NC2CCNC2)nc(-c2ccccc2)n1. The summed E-state index contributed by atoms with van der Waals surface area (Å²) < 4.78 is 0. The number of likely N-dealkylation sites (N-methyl/N-ethyl adjacent to an activating group) is 2. The summed E-state index contributed by atoms with van der Waals surface area (Å²) in [7, 11) is 4.05. The monoisotopic (exact) mass is 501 g/mol. The van der Waals surface area contributed by atoms with Gasteiger partial charge in [-0.25, -0.2) is 9.97 Å². The van der Waals surface area contributed by atoms with E-state index in [4.69, 9.17) is 4.98 Å². The van der Waals surface area contributed by atoms with Crippen molar-refractivity contribution in [1.82, 2.24) is 25.5 Å². The van der Waals surface area contributed by atoms with Crippen molar-refractivity contribution in [3.63, 3.8) is 0 Å². The van der Waals surface area contributed by atoms with Crippen molar-refractivity contribution in [1.29, 1.82) is 0 Å². The van der Waals surface area contributed by atoms with E-state index in [1.165, 1.54) is 0 Å². The van der Waals surface area contributed by atoms with Crippen LogP contribution in [-0.4, -0.2) is 79.5 Å². The number of nitrogens with zero attached hydrogens (tertiary/aromatic N) is 4. The van der Waals surface area contributed by atoms with Gasteiger partial charge in [-0.3, -0.25) is 9.59 Å². The van der Waals surface area contributed by atoms with Crippen LogP contribution in [0.5, 0.6) is 0 Å². The molecule has 4 rings (SSSR count). The summed E-state index contributed by atoms with van der Waals surface area (Å²) in [5, 5.41) is 9.20. The molecule has 0 bridgehead atoms. The minimum atomic E-state index is -0.396. The first-order valence-corrected chi connectivity index (χ1v) is 12.7. The summed E-state index contributed by atoms with van der Waals surface area (Å²) in [6, 6.07) is 18.5. The Labute approximate surface area is 218 Å². The lowest BCUT2D eigenvalue weighted by Gasteiger charge is -2.24. The van der Waals surface area contributed by atoms with E-state index < -0.39 is 5.91 Å². The Hall–Kier alpha value is -3.82. The Balaban J connectivity index is 1.63. The number of hydrogen-bond acceptors (Lipinski definition) is 7. The van der Waals surface area contributed by atoms with Crippen LogP contribution in [0.25, 0.3) is 11.4 Å². The van der Waals surface area contributed by atoms with Crippen molar-refractivity contribution in [3.05, 3.63) is 71.9 Å². The third kappa shape index (κ3) is 6.90. The van der Waals surface area contributed by atoms with Crippen LogP contribution in [0.2, 0.25) is 0 Å². The summed E-state index contributed by atoms with van der Waals surface area (Å²) >= 11 is 0. The maximum Gasteiger partial charge on any atom is 0.274 e. The van der Waals surface area contributed by atoms with Crippen molar-refractivity contribution in [3.8, 4) is 11.4 Å². The molecule has 194 valence electrons. The number of carbonyl (C=O) groups is 2. The summed E-state index contributed by atoms with van der Waals surface area (Å²) in [5.74, 6) is 0.556. The highest BCUT2D eigenvalue weighted by Gasteiger charge is 2.21. The summed E-state index contributed by atoms with van der Waals surface area (Å²) in [6.07, 6.45) is 0.883. The molecule has 2 heterocycles. The number of nitrogens with one attached hydrogen (secondary N) is 3. The smallest absolute Gasteiger partial charge is 0.274 e. The Bertz CT molecular complexity index is 1210. The van der Waals surface area contributed by atoms with Crippen LogP contribution < -0.4 is 20.9 Å². The number of anilines is 2. The second kappa shape index (κ2) is 12.4. The molecular weight excluding hydrogens is 466 g/mol. The predicted octanol–water partition coefficient (Wildman–Crippen LogP) is 2.88. The standard InChI is InChI=1S/C28H35N7O2/c1-4-35(17-16-34(2)3)25-18-24(31-26(33-25)20-10-6-5-7-11-20)28(37)32-23-13-9-8-12-22(23)27(36)30-21-14-15-29-19-21/h5-13,18,21,29H,4,14-17,19H2,1-3H3,(H,30,36)(H,32,37). The number of benzene rings is 2. The third-order valence-corrected chi connectivity index (χ3v) is 6.32. The van der Waals surface area contributed by atoms with E-state index in [2.05, 4.69) is 37.7 Å². The molecule has 0 spiro atoms. The number of amides is 2. The van der Waals surface area contributed by atoms with E-state index in [0.717, 1.165) is 44.7 Å². The summed E-state index contributed by atoms with van der Waals surface area (Å²) in [4.78, 5) is 40.1. The summed E-state index contributed by atoms with van der Waals surface area (Å²) in [6.45, 7) is 6.03. The van der Waals surface area contributed by atoms with Gasteiger partial charge in [0.15, 0.2) is 5.82 Å². The van der Waals surface area contributed by atoms with Gasteiger partial charge < -0.3 is 25.8 Å². The fourth-order valence-electron chi connectivity index (χ4n) is 4.20. The molecule has 1 atom stereocenters. The Morgan fingerprint density at radius 3 is 2.46 bits per heavy atom. The van der Waals surface area contributed by atoms with Gasteiger partial charge in [-0.05, 0) is 46.1 Å². The largest absolute Gasteiger partial charge is 0.355 e. The summed E-state index contributed by atoms with van der Waals surface area (Å²) in [5.41, 5.74) is 1.92. The molecule has 2 aromatic carbocycles. The molecule has 1 fully saturated rings. The van der Waals surface area contributed by atoms with Crippen molar-refractivity contribution in [2.75, 3.05) is 57.0 Å². The van der Waals surface area contributed by atoms with Crippen LogP contribution >= 0.6 is 0 Å². The average molecular weight is 502 g/mol. The molecule has 1 unspecified atom stereocenters. The Morgan fingerprint density at radius 2 is 1.76 bits per heavy atom. The highest BCUT2D eigenvalue weighted by Crippen LogP contribution is 2.22. The van der Waals surface area contributed by atoms with Gasteiger partial charge in [0.2, 0.25) is 0 Å². The predicted molar refractivity (Wildman–Crippen MR) is 147 cm³/mol. The number of hydrogen-bond donors (Lipinski definition) is 3. The zero-order chi connectivity index (χ0) is 26.2. The molecule has 0 saturated carbocycles. The molecule has 9 heteroatoms. The molecule has 3 aromatic rings. The van der Waals surface area contributed by atoms with Gasteiger partial charge in [-0.1, -0.05) is 42.5 Å². The molecule has 0 radical (unpaired) electrons. The van der Waals surface area contributed by atoms with Gasteiger partial charge in [0.1, 0.15) is 11.5 Å². The molecule has 3 N–H and O–H groups in total. The van der Waals surface area contributed by atoms with Crippen molar-refractivity contribution >= 4 is 23.3 Å². The van der Waals surface area contributed by atoms with Crippen LogP contribution in [0, 0.1) is 0 Å². The van der Waals surface area contributed by atoms with Crippen LogP contribution in [-0.2, 0) is 0 Å². The Kier molecular flexibility index (Phi) is 8.81. The second-order valence-electron chi connectivity index (χ2n) is 9.35. The normalized spacial score (nSPS) is 15.0. The van der Waals surface area contributed by atoms with Crippen molar-refractivity contribution < 1.29 is 9.59 Å². The van der Waals surface area contributed by atoms with Crippen LogP contribution in [0.4, 0.5) is 11.5 Å². The van der Waals surface area contributed by atoms with E-state index >= 15 is 0 Å². The molecular formula is C28H35N7O2. The second-order valence-corrected chi connectivity index (χ2v) is 9.35. The first kappa shape index (κ1) is 26.2. The molecule has 9 nitrogen and oxygen atoms in total. The molecule has 0 aliphatic carbocycles. The van der Waals surface area contributed by atoms with Gasteiger partial charge in [0.25, 0.3) is 11.8 Å². The molecule has 1 aromatic heterocycles. The number of carbonyl (C=O) groups excluding carboxylic acids is 2. The fourth-order valence-corrected chi connectivity index (χ4v) is 4.20. The van der Waals surface area contributed by atoms with E-state index in [1.54, 1.807) is 30.3 Å². The van der Waals surface area contributed by atoms with Gasteiger partial charge in [-0.2, -0.15) is 0 Å². The maximum atomic E-state index is 13.5. The lowest BCUT2D eigenvalue weighted by atomic mass is 10.1. The van der Waals surface area contributed by atoms with Gasteiger partial charge >= 0.3 is 0 Å². The lowest BCUT2D eigenvalue weighted by Crippen LogP contribution is -2.36. The first-order valence-electron chi connectivity index (χ1n) is 12.7. The van der Waals surface area contributed by atoms with Crippen LogP contribution in [0.15, 0.2) is 60.7 Å². The minimum Gasteiger partial charge on any atom is -0.355 e. The molecule has 37 heavy (non-hydrogen) atoms. The average Bonchev–Trinajstić information content (AvgIpc) is 3.42.